The van der Waals surface area contributed by atoms with E-state index >= 15 is 0 Å². The van der Waals surface area contributed by atoms with Crippen LogP contribution in [0.25, 0.3) is 0 Å². The minimum atomic E-state index is 0.576. The Morgan fingerprint density at radius 2 is 1.83 bits per heavy atom. The predicted octanol–water partition coefficient (Wildman–Crippen LogP) is 3.21. The van der Waals surface area contributed by atoms with Crippen molar-refractivity contribution in [2.75, 3.05) is 17.7 Å². The van der Waals surface area contributed by atoms with Crippen LogP contribution < -0.4 is 10.6 Å². The van der Waals surface area contributed by atoms with Crippen LogP contribution in [0.1, 0.15) is 44.9 Å². The van der Waals surface area contributed by atoms with Gasteiger partial charge in [0.2, 0.25) is 0 Å². The Morgan fingerprint density at radius 3 is 2.44 bits per heavy atom. The quantitative estimate of drug-likeness (QED) is 0.859. The van der Waals surface area contributed by atoms with Crippen molar-refractivity contribution in [3.05, 3.63) is 11.9 Å². The molecular formula is C14H24N4. The van der Waals surface area contributed by atoms with Gasteiger partial charge in [0.15, 0.2) is 0 Å². The van der Waals surface area contributed by atoms with E-state index in [0.717, 1.165) is 23.4 Å². The van der Waals surface area contributed by atoms with Crippen molar-refractivity contribution in [3.8, 4) is 0 Å². The van der Waals surface area contributed by atoms with Crippen molar-refractivity contribution < 1.29 is 0 Å². The molecule has 0 radical (unpaired) electrons. The van der Waals surface area contributed by atoms with E-state index in [1.807, 2.05) is 20.0 Å². The fourth-order valence-corrected chi connectivity index (χ4v) is 2.69. The van der Waals surface area contributed by atoms with Crippen molar-refractivity contribution in [1.29, 1.82) is 0 Å². The van der Waals surface area contributed by atoms with Crippen molar-refractivity contribution >= 4 is 11.6 Å². The van der Waals surface area contributed by atoms with Crippen LogP contribution in [0.15, 0.2) is 6.07 Å². The molecule has 4 heteroatoms. The van der Waals surface area contributed by atoms with E-state index in [1.54, 1.807) is 0 Å². The molecule has 1 fully saturated rings. The van der Waals surface area contributed by atoms with Gasteiger partial charge in [-0.25, -0.2) is 9.97 Å². The number of rotatable bonds is 4. The summed E-state index contributed by atoms with van der Waals surface area (Å²) in [5, 5.41) is 6.62. The minimum absolute atomic E-state index is 0.576. The fraction of sp³-hybridized carbons (Fsp3) is 0.714. The van der Waals surface area contributed by atoms with Crippen LogP contribution in [0.2, 0.25) is 0 Å². The van der Waals surface area contributed by atoms with Gasteiger partial charge in [-0.05, 0) is 38.5 Å². The topological polar surface area (TPSA) is 49.8 Å². The summed E-state index contributed by atoms with van der Waals surface area (Å²) >= 11 is 0. The third kappa shape index (κ3) is 3.34. The molecule has 1 heterocycles. The molecule has 100 valence electrons. The van der Waals surface area contributed by atoms with E-state index in [2.05, 4.69) is 27.5 Å². The Kier molecular flexibility index (Phi) is 4.39. The first-order chi connectivity index (χ1) is 8.71. The Morgan fingerprint density at radius 1 is 1.17 bits per heavy atom. The van der Waals surface area contributed by atoms with Crippen molar-refractivity contribution in [1.82, 2.24) is 9.97 Å². The van der Waals surface area contributed by atoms with Gasteiger partial charge in [-0.1, -0.05) is 13.3 Å². The Balaban J connectivity index is 1.95. The normalized spacial score (nSPS) is 23.7. The molecule has 0 aliphatic heterocycles. The molecule has 0 saturated heterocycles. The molecule has 1 aliphatic carbocycles. The SMILES string of the molecule is CCC1CCC(Nc2cc(NC)nc(C)n2)CC1. The van der Waals surface area contributed by atoms with Gasteiger partial charge < -0.3 is 10.6 Å². The number of aromatic nitrogens is 2. The summed E-state index contributed by atoms with van der Waals surface area (Å²) in [4.78, 5) is 8.76. The van der Waals surface area contributed by atoms with Crippen molar-refractivity contribution in [2.45, 2.75) is 52.0 Å². The smallest absolute Gasteiger partial charge is 0.132 e. The first-order valence-corrected chi connectivity index (χ1v) is 7.01. The lowest BCUT2D eigenvalue weighted by molar-refractivity contribution is 0.330. The van der Waals surface area contributed by atoms with Gasteiger partial charge in [-0.2, -0.15) is 0 Å². The van der Waals surface area contributed by atoms with Gasteiger partial charge >= 0.3 is 0 Å². The lowest BCUT2D eigenvalue weighted by Crippen LogP contribution is -2.26. The van der Waals surface area contributed by atoms with Crippen LogP contribution in [0.3, 0.4) is 0 Å². The second kappa shape index (κ2) is 6.03. The number of hydrogen-bond donors (Lipinski definition) is 2. The van der Waals surface area contributed by atoms with E-state index in [1.165, 1.54) is 32.1 Å². The van der Waals surface area contributed by atoms with Gasteiger partial charge in [0.05, 0.1) is 0 Å². The average Bonchev–Trinajstić information content (AvgIpc) is 2.39. The molecule has 2 N–H and O–H groups in total. The summed E-state index contributed by atoms with van der Waals surface area (Å²) in [7, 11) is 1.89. The summed E-state index contributed by atoms with van der Waals surface area (Å²) in [5.74, 6) is 3.58. The maximum absolute atomic E-state index is 4.45. The van der Waals surface area contributed by atoms with E-state index in [-0.39, 0.29) is 0 Å². The number of nitrogens with one attached hydrogen (secondary N) is 2. The van der Waals surface area contributed by atoms with Crippen LogP contribution in [0.4, 0.5) is 11.6 Å². The number of hydrogen-bond acceptors (Lipinski definition) is 4. The number of anilines is 2. The maximum atomic E-state index is 4.45. The molecule has 1 aromatic rings. The van der Waals surface area contributed by atoms with Gasteiger partial charge in [0.25, 0.3) is 0 Å². The molecule has 0 amide bonds. The second-order valence-corrected chi connectivity index (χ2v) is 5.21. The Labute approximate surface area is 110 Å². The lowest BCUT2D eigenvalue weighted by atomic mass is 9.84. The van der Waals surface area contributed by atoms with Crippen LogP contribution >= 0.6 is 0 Å². The second-order valence-electron chi connectivity index (χ2n) is 5.21. The van der Waals surface area contributed by atoms with Gasteiger partial charge in [-0.3, -0.25) is 0 Å². The highest BCUT2D eigenvalue weighted by molar-refractivity contribution is 5.47. The highest BCUT2D eigenvalue weighted by atomic mass is 15.1. The summed E-state index contributed by atoms with van der Waals surface area (Å²) in [6, 6.07) is 2.56. The van der Waals surface area contributed by atoms with Crippen molar-refractivity contribution in [2.24, 2.45) is 5.92 Å². The van der Waals surface area contributed by atoms with Crippen LogP contribution in [-0.4, -0.2) is 23.1 Å². The molecule has 18 heavy (non-hydrogen) atoms. The monoisotopic (exact) mass is 248 g/mol. The number of aryl methyl sites for hydroxylation is 1. The largest absolute Gasteiger partial charge is 0.373 e. The molecular weight excluding hydrogens is 224 g/mol. The highest BCUT2D eigenvalue weighted by Gasteiger charge is 2.20. The minimum Gasteiger partial charge on any atom is -0.373 e. The Bertz CT molecular complexity index is 383. The molecule has 1 saturated carbocycles. The fourth-order valence-electron chi connectivity index (χ4n) is 2.69. The van der Waals surface area contributed by atoms with Crippen molar-refractivity contribution in [3.63, 3.8) is 0 Å². The highest BCUT2D eigenvalue weighted by Crippen LogP contribution is 2.28. The Hall–Kier alpha value is -1.32. The molecule has 1 aromatic heterocycles. The average molecular weight is 248 g/mol. The molecule has 0 unspecified atom stereocenters. The lowest BCUT2D eigenvalue weighted by Gasteiger charge is -2.28. The van der Waals surface area contributed by atoms with E-state index < -0.39 is 0 Å². The van der Waals surface area contributed by atoms with E-state index in [4.69, 9.17) is 0 Å². The zero-order valence-electron chi connectivity index (χ0n) is 11.7. The van der Waals surface area contributed by atoms with Crippen LogP contribution in [0, 0.1) is 12.8 Å². The molecule has 0 aromatic carbocycles. The molecule has 2 rings (SSSR count). The van der Waals surface area contributed by atoms with E-state index in [0.29, 0.717) is 6.04 Å². The first-order valence-electron chi connectivity index (χ1n) is 7.01. The summed E-state index contributed by atoms with van der Waals surface area (Å²) in [6.45, 7) is 4.23. The van der Waals surface area contributed by atoms with E-state index in [9.17, 15) is 0 Å². The molecule has 0 bridgehead atoms. The molecule has 4 nitrogen and oxygen atoms in total. The standard InChI is InChI=1S/C14H24N4/c1-4-11-5-7-12(8-6-11)18-14-9-13(15-3)16-10(2)17-14/h9,11-12H,4-8H2,1-3H3,(H2,15,16,17,18). The summed E-state index contributed by atoms with van der Waals surface area (Å²) < 4.78 is 0. The molecule has 0 spiro atoms. The third-order valence-electron chi connectivity index (χ3n) is 3.87. The maximum Gasteiger partial charge on any atom is 0.132 e. The first kappa shape index (κ1) is 13.1. The third-order valence-corrected chi connectivity index (χ3v) is 3.87. The van der Waals surface area contributed by atoms with Gasteiger partial charge in [0.1, 0.15) is 17.5 Å². The molecule has 0 atom stereocenters. The predicted molar refractivity (Wildman–Crippen MR) is 76.0 cm³/mol. The van der Waals surface area contributed by atoms with Crippen LogP contribution in [0.5, 0.6) is 0 Å². The zero-order valence-corrected chi connectivity index (χ0v) is 11.7. The number of nitrogens with zero attached hydrogens (tertiary/aromatic N) is 2. The summed E-state index contributed by atoms with van der Waals surface area (Å²) in [6.07, 6.45) is 6.53. The molecule has 1 aliphatic rings. The van der Waals surface area contributed by atoms with Gasteiger partial charge in [0, 0.05) is 19.2 Å². The summed E-state index contributed by atoms with van der Waals surface area (Å²) in [5.41, 5.74) is 0. The van der Waals surface area contributed by atoms with Gasteiger partial charge in [-0.15, -0.1) is 0 Å². The zero-order chi connectivity index (χ0) is 13.0. The van der Waals surface area contributed by atoms with Crippen LogP contribution in [-0.2, 0) is 0 Å².